The first kappa shape index (κ1) is 14.8. The summed E-state index contributed by atoms with van der Waals surface area (Å²) in [6.07, 6.45) is 2.15. The number of alkyl halides is 1. The number of halogens is 4. The number of imidazole rings is 1. The number of hydrogen-bond donors (Lipinski definition) is 0. The van der Waals surface area contributed by atoms with Crippen LogP contribution in [-0.4, -0.2) is 20.4 Å². The van der Waals surface area contributed by atoms with Gasteiger partial charge in [-0.05, 0) is 40.2 Å². The van der Waals surface area contributed by atoms with Gasteiger partial charge in [0.1, 0.15) is 17.2 Å². The maximum atomic E-state index is 14.2. The van der Waals surface area contributed by atoms with Crippen molar-refractivity contribution in [2.75, 3.05) is 5.88 Å². The number of fused-ring (bicyclic) bond motifs is 1. The molecular formula is C14H9BrCl2FN3. The van der Waals surface area contributed by atoms with Gasteiger partial charge in [-0.1, -0.05) is 11.6 Å². The Kier molecular flexibility index (Phi) is 4.15. The molecule has 0 atom stereocenters. The van der Waals surface area contributed by atoms with E-state index in [2.05, 4.69) is 25.9 Å². The van der Waals surface area contributed by atoms with Crippen LogP contribution in [0.3, 0.4) is 0 Å². The van der Waals surface area contributed by atoms with Gasteiger partial charge in [-0.15, -0.1) is 11.6 Å². The number of aromatic nitrogens is 3. The predicted octanol–water partition coefficient (Wildman–Crippen LogP) is 4.76. The molecular weight excluding hydrogens is 380 g/mol. The van der Waals surface area contributed by atoms with E-state index in [1.54, 1.807) is 16.8 Å². The number of pyridine rings is 1. The molecule has 2 heterocycles. The summed E-state index contributed by atoms with van der Waals surface area (Å²) >= 11 is 15.2. The summed E-state index contributed by atoms with van der Waals surface area (Å²) in [5, 5.41) is 0.446. The molecule has 0 saturated carbocycles. The van der Waals surface area contributed by atoms with Crippen LogP contribution in [0.15, 0.2) is 34.9 Å². The monoisotopic (exact) mass is 387 g/mol. The molecule has 3 rings (SSSR count). The molecule has 0 bridgehead atoms. The second kappa shape index (κ2) is 5.91. The van der Waals surface area contributed by atoms with Crippen LogP contribution in [0, 0.1) is 5.82 Å². The molecule has 0 radical (unpaired) electrons. The van der Waals surface area contributed by atoms with Crippen molar-refractivity contribution in [3.63, 3.8) is 0 Å². The zero-order chi connectivity index (χ0) is 15.0. The average molecular weight is 389 g/mol. The van der Waals surface area contributed by atoms with Crippen LogP contribution in [0.1, 0.15) is 5.82 Å². The fraction of sp³-hybridized carbons (Fsp3) is 0.143. The van der Waals surface area contributed by atoms with E-state index in [0.29, 0.717) is 40.0 Å². The normalized spacial score (nSPS) is 11.2. The Morgan fingerprint density at radius 1 is 1.29 bits per heavy atom. The van der Waals surface area contributed by atoms with Gasteiger partial charge < -0.3 is 0 Å². The van der Waals surface area contributed by atoms with E-state index in [9.17, 15) is 4.39 Å². The van der Waals surface area contributed by atoms with Gasteiger partial charge in [-0.2, -0.15) is 0 Å². The van der Waals surface area contributed by atoms with Crippen molar-refractivity contribution in [1.29, 1.82) is 0 Å². The van der Waals surface area contributed by atoms with Gasteiger partial charge in [-0.25, -0.2) is 14.4 Å². The zero-order valence-electron chi connectivity index (χ0n) is 10.7. The van der Waals surface area contributed by atoms with Gasteiger partial charge in [0, 0.05) is 28.0 Å². The van der Waals surface area contributed by atoms with Gasteiger partial charge >= 0.3 is 0 Å². The Balaban J connectivity index is 2.33. The number of aryl methyl sites for hydroxylation is 1. The highest BCUT2D eigenvalue weighted by molar-refractivity contribution is 9.10. The molecule has 0 spiro atoms. The molecule has 3 nitrogen and oxygen atoms in total. The van der Waals surface area contributed by atoms with Crippen molar-refractivity contribution in [3.8, 4) is 5.69 Å². The van der Waals surface area contributed by atoms with E-state index in [1.807, 2.05) is 6.07 Å². The molecule has 0 aliphatic rings. The summed E-state index contributed by atoms with van der Waals surface area (Å²) < 4.78 is 16.7. The zero-order valence-corrected chi connectivity index (χ0v) is 13.8. The van der Waals surface area contributed by atoms with Crippen molar-refractivity contribution in [2.45, 2.75) is 6.42 Å². The Hall–Kier alpha value is -1.17. The molecule has 1 aromatic carbocycles. The van der Waals surface area contributed by atoms with Crippen LogP contribution >= 0.6 is 39.1 Å². The van der Waals surface area contributed by atoms with Crippen molar-refractivity contribution < 1.29 is 4.39 Å². The molecule has 3 aromatic rings. The van der Waals surface area contributed by atoms with E-state index < -0.39 is 0 Å². The van der Waals surface area contributed by atoms with Crippen LogP contribution in [0.25, 0.3) is 16.9 Å². The third-order valence-electron chi connectivity index (χ3n) is 3.00. The fourth-order valence-corrected chi connectivity index (χ4v) is 2.80. The highest BCUT2D eigenvalue weighted by atomic mass is 79.9. The van der Waals surface area contributed by atoms with Crippen molar-refractivity contribution >= 4 is 50.3 Å². The summed E-state index contributed by atoms with van der Waals surface area (Å²) in [6, 6.07) is 6.22. The van der Waals surface area contributed by atoms with Crippen LogP contribution in [-0.2, 0) is 6.42 Å². The number of nitrogens with zero attached hydrogens (tertiary/aromatic N) is 3. The summed E-state index contributed by atoms with van der Waals surface area (Å²) in [4.78, 5) is 8.82. The lowest BCUT2D eigenvalue weighted by atomic mass is 10.3. The van der Waals surface area contributed by atoms with Gasteiger partial charge in [0.25, 0.3) is 0 Å². The summed E-state index contributed by atoms with van der Waals surface area (Å²) in [7, 11) is 0. The lowest BCUT2D eigenvalue weighted by Crippen LogP contribution is -2.05. The van der Waals surface area contributed by atoms with Crippen molar-refractivity contribution in [3.05, 3.63) is 51.6 Å². The first-order chi connectivity index (χ1) is 10.1. The summed E-state index contributed by atoms with van der Waals surface area (Å²) in [6.45, 7) is 0. The van der Waals surface area contributed by atoms with E-state index >= 15 is 0 Å². The quantitative estimate of drug-likeness (QED) is 0.605. The van der Waals surface area contributed by atoms with Crippen LogP contribution in [0.2, 0.25) is 5.02 Å². The van der Waals surface area contributed by atoms with Crippen LogP contribution < -0.4 is 0 Å². The minimum Gasteiger partial charge on any atom is -0.278 e. The lowest BCUT2D eigenvalue weighted by Gasteiger charge is -2.09. The third kappa shape index (κ3) is 2.78. The maximum Gasteiger partial charge on any atom is 0.164 e. The average Bonchev–Trinajstić information content (AvgIpc) is 2.79. The molecule has 0 saturated heterocycles. The SMILES string of the molecule is Fc1ccc(Cl)cc1-n1c(CCCl)nc2cc(Br)cnc21. The Labute approximate surface area is 138 Å². The van der Waals surface area contributed by atoms with Gasteiger partial charge in [0.05, 0.1) is 5.69 Å². The lowest BCUT2D eigenvalue weighted by molar-refractivity contribution is 0.616. The van der Waals surface area contributed by atoms with Crippen molar-refractivity contribution in [2.24, 2.45) is 0 Å². The molecule has 0 N–H and O–H groups in total. The molecule has 0 amide bonds. The Morgan fingerprint density at radius 3 is 2.86 bits per heavy atom. The van der Waals surface area contributed by atoms with E-state index in [1.165, 1.54) is 12.1 Å². The second-order valence-electron chi connectivity index (χ2n) is 4.39. The largest absolute Gasteiger partial charge is 0.278 e. The number of hydrogen-bond acceptors (Lipinski definition) is 2. The van der Waals surface area contributed by atoms with E-state index in [4.69, 9.17) is 23.2 Å². The predicted molar refractivity (Wildman–Crippen MR) is 86.0 cm³/mol. The minimum absolute atomic E-state index is 0.319. The first-order valence-corrected chi connectivity index (χ1v) is 7.85. The molecule has 0 aliphatic heterocycles. The molecule has 2 aromatic heterocycles. The first-order valence-electron chi connectivity index (χ1n) is 6.14. The maximum absolute atomic E-state index is 14.2. The van der Waals surface area contributed by atoms with Gasteiger partial charge in [0.2, 0.25) is 0 Å². The molecule has 21 heavy (non-hydrogen) atoms. The van der Waals surface area contributed by atoms with E-state index in [-0.39, 0.29) is 5.82 Å². The van der Waals surface area contributed by atoms with Crippen LogP contribution in [0.5, 0.6) is 0 Å². The van der Waals surface area contributed by atoms with Crippen LogP contribution in [0.4, 0.5) is 4.39 Å². The fourth-order valence-electron chi connectivity index (χ4n) is 2.15. The molecule has 0 fully saturated rings. The molecule has 108 valence electrons. The van der Waals surface area contributed by atoms with E-state index in [0.717, 1.165) is 4.47 Å². The second-order valence-corrected chi connectivity index (χ2v) is 6.12. The molecule has 0 aliphatic carbocycles. The van der Waals surface area contributed by atoms with Crippen molar-refractivity contribution in [1.82, 2.24) is 14.5 Å². The summed E-state index contributed by atoms with van der Waals surface area (Å²) in [5.74, 6) is 0.637. The molecule has 7 heteroatoms. The molecule has 0 unspecified atom stereocenters. The Morgan fingerprint density at radius 2 is 2.10 bits per heavy atom. The topological polar surface area (TPSA) is 30.7 Å². The number of benzene rings is 1. The third-order valence-corrected chi connectivity index (χ3v) is 3.86. The van der Waals surface area contributed by atoms with Gasteiger partial charge in [-0.3, -0.25) is 4.57 Å². The summed E-state index contributed by atoms with van der Waals surface area (Å²) in [5.41, 5.74) is 1.56. The Bertz CT molecular complexity index is 819. The smallest absolute Gasteiger partial charge is 0.164 e. The minimum atomic E-state index is -0.390. The highest BCUT2D eigenvalue weighted by Gasteiger charge is 2.16. The standard InChI is InChI=1S/C14H9BrCl2FN3/c15-8-5-11-14(19-7-8)21(13(20-11)3-4-16)12-6-9(17)1-2-10(12)18/h1-2,5-7H,3-4H2. The number of rotatable bonds is 3. The van der Waals surface area contributed by atoms with Gasteiger partial charge in [0.15, 0.2) is 5.65 Å². The highest BCUT2D eigenvalue weighted by Crippen LogP contribution is 2.26.